The number of hydrogen-bond acceptors (Lipinski definition) is 4. The molecule has 1 rings (SSSR count). The summed E-state index contributed by atoms with van der Waals surface area (Å²) >= 11 is 4.96. The van der Waals surface area contributed by atoms with Crippen LogP contribution in [0.15, 0.2) is 18.2 Å². The largest absolute Gasteiger partial charge is 0.409 e. The molecule has 0 bridgehead atoms. The summed E-state index contributed by atoms with van der Waals surface area (Å²) in [6.45, 7) is 1.55. The quantitative estimate of drug-likeness (QED) is 0.432. The topological polar surface area (TPSA) is 69.4 Å². The standard InChI is InChI=1S/C8H6ClNO4/c1-5-3-2-4-6(14-8(9)11)7(5)10(12)13/h2-4H,1H3. The smallest absolute Gasteiger partial charge is 0.407 e. The van der Waals surface area contributed by atoms with Crippen molar-refractivity contribution in [3.8, 4) is 5.75 Å². The molecule has 0 spiro atoms. The average molecular weight is 216 g/mol. The highest BCUT2D eigenvalue weighted by molar-refractivity contribution is 6.61. The molecule has 74 valence electrons. The number of nitro benzene ring substituents is 1. The average Bonchev–Trinajstić information content (AvgIpc) is 2.01. The molecule has 0 fully saturated rings. The number of halogens is 1. The predicted octanol–water partition coefficient (Wildman–Crippen LogP) is 2.64. The van der Waals surface area contributed by atoms with E-state index < -0.39 is 10.4 Å². The first-order valence-corrected chi connectivity index (χ1v) is 4.01. The molecule has 0 saturated carbocycles. The van der Waals surface area contributed by atoms with Gasteiger partial charge in [-0.05, 0) is 13.0 Å². The summed E-state index contributed by atoms with van der Waals surface area (Å²) in [6, 6.07) is 4.40. The van der Waals surface area contributed by atoms with Gasteiger partial charge in [-0.1, -0.05) is 12.1 Å². The van der Waals surface area contributed by atoms with Crippen molar-refractivity contribution in [2.45, 2.75) is 6.92 Å². The summed E-state index contributed by atoms with van der Waals surface area (Å²) in [6.07, 6.45) is 0. The first-order chi connectivity index (χ1) is 6.52. The number of ether oxygens (including phenoxy) is 1. The van der Waals surface area contributed by atoms with Crippen LogP contribution < -0.4 is 4.74 Å². The third kappa shape index (κ3) is 2.20. The first kappa shape index (κ1) is 10.5. The van der Waals surface area contributed by atoms with Crippen LogP contribution in [0.3, 0.4) is 0 Å². The van der Waals surface area contributed by atoms with Crippen molar-refractivity contribution in [2.75, 3.05) is 0 Å². The molecule has 5 nitrogen and oxygen atoms in total. The molecule has 1 aromatic carbocycles. The number of aryl methyl sites for hydroxylation is 1. The monoisotopic (exact) mass is 215 g/mol. The first-order valence-electron chi connectivity index (χ1n) is 3.63. The van der Waals surface area contributed by atoms with Crippen LogP contribution in [-0.4, -0.2) is 10.4 Å². The van der Waals surface area contributed by atoms with Crippen molar-refractivity contribution in [1.29, 1.82) is 0 Å². The number of carbonyl (C=O) groups is 1. The summed E-state index contributed by atoms with van der Waals surface area (Å²) in [4.78, 5) is 20.4. The van der Waals surface area contributed by atoms with Crippen molar-refractivity contribution in [3.63, 3.8) is 0 Å². The van der Waals surface area contributed by atoms with Crippen LogP contribution in [0.1, 0.15) is 5.56 Å². The number of nitro groups is 1. The number of carbonyl (C=O) groups excluding carboxylic acids is 1. The lowest BCUT2D eigenvalue weighted by molar-refractivity contribution is -0.386. The highest BCUT2D eigenvalue weighted by Crippen LogP contribution is 2.30. The van der Waals surface area contributed by atoms with Crippen LogP contribution in [0.4, 0.5) is 10.5 Å². The van der Waals surface area contributed by atoms with Crippen molar-refractivity contribution in [1.82, 2.24) is 0 Å². The van der Waals surface area contributed by atoms with Crippen LogP contribution in [0.25, 0.3) is 0 Å². The summed E-state index contributed by atoms with van der Waals surface area (Å²) in [5.74, 6) is -0.144. The fourth-order valence-electron chi connectivity index (χ4n) is 1.03. The number of hydrogen-bond donors (Lipinski definition) is 0. The van der Waals surface area contributed by atoms with Crippen LogP contribution in [-0.2, 0) is 0 Å². The van der Waals surface area contributed by atoms with Crippen LogP contribution in [0.5, 0.6) is 5.75 Å². The Hall–Kier alpha value is -1.62. The van der Waals surface area contributed by atoms with E-state index in [0.29, 0.717) is 5.56 Å². The summed E-state index contributed by atoms with van der Waals surface area (Å²) in [5.41, 5.74) is -0.939. The fraction of sp³-hybridized carbons (Fsp3) is 0.125. The van der Waals surface area contributed by atoms with Crippen molar-refractivity contribution in [3.05, 3.63) is 33.9 Å². The van der Waals surface area contributed by atoms with E-state index in [-0.39, 0.29) is 11.4 Å². The molecule has 0 amide bonds. The second-order valence-corrected chi connectivity index (χ2v) is 2.83. The minimum absolute atomic E-state index is 0.144. The number of benzene rings is 1. The zero-order valence-electron chi connectivity index (χ0n) is 7.19. The Balaban J connectivity index is 3.21. The van der Waals surface area contributed by atoms with E-state index in [1.165, 1.54) is 12.1 Å². The predicted molar refractivity (Wildman–Crippen MR) is 49.7 cm³/mol. The molecule has 0 aliphatic carbocycles. The molecule has 0 saturated heterocycles. The van der Waals surface area contributed by atoms with Gasteiger partial charge in [0.05, 0.1) is 4.92 Å². The summed E-state index contributed by atoms with van der Waals surface area (Å²) in [7, 11) is 0. The molecule has 0 aliphatic heterocycles. The minimum atomic E-state index is -1.10. The van der Waals surface area contributed by atoms with Gasteiger partial charge < -0.3 is 4.74 Å². The molecule has 0 unspecified atom stereocenters. The van der Waals surface area contributed by atoms with Gasteiger partial charge in [-0.25, -0.2) is 4.79 Å². The molecule has 6 heteroatoms. The lowest BCUT2D eigenvalue weighted by Crippen LogP contribution is -2.01. The lowest BCUT2D eigenvalue weighted by Gasteiger charge is -2.02. The SMILES string of the molecule is Cc1cccc(OC(=O)Cl)c1[N+](=O)[O-]. The third-order valence-corrected chi connectivity index (χ3v) is 1.65. The van der Waals surface area contributed by atoms with E-state index in [1.54, 1.807) is 13.0 Å². The summed E-state index contributed by atoms with van der Waals surface area (Å²) < 4.78 is 4.47. The lowest BCUT2D eigenvalue weighted by atomic mass is 10.2. The Morgan fingerprint density at radius 2 is 2.21 bits per heavy atom. The molecule has 1 aromatic rings. The molecule has 14 heavy (non-hydrogen) atoms. The molecule has 0 heterocycles. The highest BCUT2D eigenvalue weighted by Gasteiger charge is 2.19. The van der Waals surface area contributed by atoms with Crippen molar-refractivity contribution < 1.29 is 14.5 Å². The maximum absolute atomic E-state index is 10.6. The van der Waals surface area contributed by atoms with Crippen LogP contribution in [0, 0.1) is 17.0 Å². The minimum Gasteiger partial charge on any atom is -0.407 e. The fourth-order valence-corrected chi connectivity index (χ4v) is 1.12. The Labute approximate surface area is 84.4 Å². The summed E-state index contributed by atoms with van der Waals surface area (Å²) in [5, 5.41) is 10.6. The van der Waals surface area contributed by atoms with Gasteiger partial charge in [-0.2, -0.15) is 0 Å². The van der Waals surface area contributed by atoms with E-state index in [4.69, 9.17) is 11.6 Å². The van der Waals surface area contributed by atoms with Gasteiger partial charge >= 0.3 is 11.1 Å². The Bertz CT molecular complexity index is 391. The van der Waals surface area contributed by atoms with Gasteiger partial charge in [0.2, 0.25) is 5.75 Å². The molecular formula is C8H6ClNO4. The van der Waals surface area contributed by atoms with Gasteiger partial charge in [0.15, 0.2) is 0 Å². The molecule has 0 aromatic heterocycles. The molecule has 0 atom stereocenters. The van der Waals surface area contributed by atoms with E-state index in [9.17, 15) is 14.9 Å². The molecule has 0 radical (unpaired) electrons. The zero-order valence-corrected chi connectivity index (χ0v) is 7.95. The number of para-hydroxylation sites is 1. The molecule has 0 aliphatic rings. The second kappa shape index (κ2) is 4.06. The Morgan fingerprint density at radius 3 is 2.71 bits per heavy atom. The van der Waals surface area contributed by atoms with E-state index in [0.717, 1.165) is 0 Å². The van der Waals surface area contributed by atoms with Crippen LogP contribution >= 0.6 is 11.6 Å². The highest BCUT2D eigenvalue weighted by atomic mass is 35.5. The molecular weight excluding hydrogens is 210 g/mol. The van der Waals surface area contributed by atoms with Gasteiger partial charge in [0, 0.05) is 17.2 Å². The van der Waals surface area contributed by atoms with Crippen molar-refractivity contribution in [2.24, 2.45) is 0 Å². The normalized spacial score (nSPS) is 9.57. The second-order valence-electron chi connectivity index (χ2n) is 2.52. The van der Waals surface area contributed by atoms with Gasteiger partial charge in [-0.3, -0.25) is 10.1 Å². The Morgan fingerprint density at radius 1 is 1.57 bits per heavy atom. The van der Waals surface area contributed by atoms with E-state index in [1.807, 2.05) is 0 Å². The van der Waals surface area contributed by atoms with E-state index in [2.05, 4.69) is 4.74 Å². The Kier molecular flexibility index (Phi) is 3.03. The van der Waals surface area contributed by atoms with Gasteiger partial charge in [0.25, 0.3) is 0 Å². The zero-order chi connectivity index (χ0) is 10.7. The third-order valence-electron chi connectivity index (χ3n) is 1.57. The van der Waals surface area contributed by atoms with Crippen molar-refractivity contribution >= 4 is 22.7 Å². The maximum Gasteiger partial charge on any atom is 0.409 e. The van der Waals surface area contributed by atoms with Crippen LogP contribution in [0.2, 0.25) is 0 Å². The van der Waals surface area contributed by atoms with Gasteiger partial charge in [0.1, 0.15) is 0 Å². The number of rotatable bonds is 2. The maximum atomic E-state index is 10.6. The van der Waals surface area contributed by atoms with Gasteiger partial charge in [-0.15, -0.1) is 0 Å². The number of nitrogens with zero attached hydrogens (tertiary/aromatic N) is 1. The van der Waals surface area contributed by atoms with E-state index >= 15 is 0 Å². The molecule has 0 N–H and O–H groups in total.